The van der Waals surface area contributed by atoms with Gasteiger partial charge in [0, 0.05) is 0 Å². The molecule has 1 N–H and O–H groups in total. The van der Waals surface area contributed by atoms with Crippen molar-refractivity contribution in [3.8, 4) is 0 Å². The first-order valence-corrected chi connectivity index (χ1v) is 15.7. The number of allylic oxidation sites excluding steroid dienone is 19. The molecule has 2 rings (SSSR count). The summed E-state index contributed by atoms with van der Waals surface area (Å²) in [7, 11) is 0. The molecule has 0 aliphatic heterocycles. The molecule has 0 heterocycles. The van der Waals surface area contributed by atoms with Gasteiger partial charge in [0.15, 0.2) is 0 Å². The Hall–Kier alpha value is -2.64. The van der Waals surface area contributed by atoms with E-state index in [2.05, 4.69) is 142 Å². The monoisotopic (exact) mass is 554 g/mol. The summed E-state index contributed by atoms with van der Waals surface area (Å²) in [5, 5.41) is 10.1. The molecule has 224 valence electrons. The molecule has 0 radical (unpaired) electrons. The summed E-state index contributed by atoms with van der Waals surface area (Å²) in [5.74, 6) is 0. The lowest BCUT2D eigenvalue weighted by molar-refractivity contribution is 0.113. The smallest absolute Gasteiger partial charge is 0.0585 e. The zero-order valence-corrected chi connectivity index (χ0v) is 27.9. The van der Waals surface area contributed by atoms with Crippen LogP contribution in [0.5, 0.6) is 0 Å². The predicted octanol–water partition coefficient (Wildman–Crippen LogP) is 11.8. The number of aliphatic hydroxyl groups is 1. The average molecular weight is 555 g/mol. The van der Waals surface area contributed by atoms with Crippen molar-refractivity contribution in [2.75, 3.05) is 0 Å². The fourth-order valence-electron chi connectivity index (χ4n) is 6.32. The van der Waals surface area contributed by atoms with Crippen LogP contribution in [0.15, 0.2) is 117 Å². The molecule has 1 atom stereocenters. The van der Waals surface area contributed by atoms with Crippen LogP contribution >= 0.6 is 0 Å². The van der Waals surface area contributed by atoms with Gasteiger partial charge < -0.3 is 5.11 Å². The zero-order valence-electron chi connectivity index (χ0n) is 27.9. The van der Waals surface area contributed by atoms with Crippen LogP contribution < -0.4 is 0 Å². The maximum atomic E-state index is 10.1. The van der Waals surface area contributed by atoms with Gasteiger partial charge in [-0.05, 0) is 103 Å². The SMILES string of the molecule is CC(C=CC=C(C)C=CC1=C(C)CCCC1(C)C)=CC=CC=C(C)C=CC=C(C)CCC1=C(C)CC(O)CC1(C)C. The summed E-state index contributed by atoms with van der Waals surface area (Å²) in [6, 6.07) is 0. The minimum atomic E-state index is -0.187. The molecule has 0 aromatic rings. The Balaban J connectivity index is 1.85. The van der Waals surface area contributed by atoms with Crippen molar-refractivity contribution >= 4 is 0 Å². The first-order chi connectivity index (χ1) is 19.2. The van der Waals surface area contributed by atoms with Gasteiger partial charge in [-0.15, -0.1) is 0 Å². The van der Waals surface area contributed by atoms with Crippen LogP contribution in [0.25, 0.3) is 0 Å². The molecule has 0 aromatic heterocycles. The minimum absolute atomic E-state index is 0.0996. The van der Waals surface area contributed by atoms with E-state index in [0.717, 1.165) is 25.7 Å². The van der Waals surface area contributed by atoms with Crippen molar-refractivity contribution in [1.82, 2.24) is 0 Å². The molecule has 0 aromatic carbocycles. The van der Waals surface area contributed by atoms with E-state index >= 15 is 0 Å². The van der Waals surface area contributed by atoms with Crippen LogP contribution in [0.4, 0.5) is 0 Å². The molecular formula is C40H58O. The van der Waals surface area contributed by atoms with Crippen LogP contribution in [0, 0.1) is 10.8 Å². The lowest BCUT2D eigenvalue weighted by Gasteiger charge is -2.37. The third-order valence-corrected chi connectivity index (χ3v) is 8.73. The number of hydrogen-bond acceptors (Lipinski definition) is 1. The fourth-order valence-corrected chi connectivity index (χ4v) is 6.32. The molecule has 1 unspecified atom stereocenters. The zero-order chi connectivity index (χ0) is 30.6. The highest BCUT2D eigenvalue weighted by molar-refractivity contribution is 5.37. The highest BCUT2D eigenvalue weighted by Crippen LogP contribution is 2.43. The van der Waals surface area contributed by atoms with Crippen LogP contribution in [0.3, 0.4) is 0 Å². The first kappa shape index (κ1) is 34.6. The molecule has 41 heavy (non-hydrogen) atoms. The third kappa shape index (κ3) is 12.0. The van der Waals surface area contributed by atoms with Gasteiger partial charge in [0.25, 0.3) is 0 Å². The van der Waals surface area contributed by atoms with E-state index in [1.165, 1.54) is 58.3 Å². The Morgan fingerprint density at radius 2 is 1.32 bits per heavy atom. The average Bonchev–Trinajstić information content (AvgIpc) is 2.84. The molecule has 0 bridgehead atoms. The van der Waals surface area contributed by atoms with Gasteiger partial charge in [-0.3, -0.25) is 0 Å². The van der Waals surface area contributed by atoms with Gasteiger partial charge in [-0.2, -0.15) is 0 Å². The van der Waals surface area contributed by atoms with Crippen molar-refractivity contribution < 1.29 is 5.11 Å². The lowest BCUT2D eigenvalue weighted by Crippen LogP contribution is -2.29. The maximum Gasteiger partial charge on any atom is 0.0585 e. The van der Waals surface area contributed by atoms with E-state index in [-0.39, 0.29) is 16.9 Å². The number of aliphatic hydroxyl groups excluding tert-OH is 1. The van der Waals surface area contributed by atoms with E-state index < -0.39 is 0 Å². The van der Waals surface area contributed by atoms with Crippen molar-refractivity contribution in [2.45, 2.75) is 120 Å². The van der Waals surface area contributed by atoms with Crippen molar-refractivity contribution in [3.05, 3.63) is 117 Å². The standard InChI is InChI=1S/C40H58O/c1-30(18-13-20-32(3)23-25-37-34(5)22-15-27-39(37,7)8)16-11-12-17-31(2)19-14-21-33(4)24-26-38-35(6)28-36(41)29-40(38,9)10/h11-14,16-21,23,25,36,41H,15,22,24,26-29H2,1-10H3. The summed E-state index contributed by atoms with van der Waals surface area (Å²) in [6.45, 7) is 22.4. The van der Waals surface area contributed by atoms with Crippen LogP contribution in [-0.2, 0) is 0 Å². The highest BCUT2D eigenvalue weighted by Gasteiger charge is 2.32. The van der Waals surface area contributed by atoms with Crippen LogP contribution in [0.2, 0.25) is 0 Å². The lowest BCUT2D eigenvalue weighted by atomic mass is 9.70. The molecule has 0 fully saturated rings. The molecule has 0 saturated carbocycles. The van der Waals surface area contributed by atoms with Gasteiger partial charge >= 0.3 is 0 Å². The second kappa shape index (κ2) is 16.1. The predicted molar refractivity (Wildman–Crippen MR) is 183 cm³/mol. The van der Waals surface area contributed by atoms with Gasteiger partial charge in [-0.1, -0.05) is 140 Å². The second-order valence-corrected chi connectivity index (χ2v) is 13.8. The maximum absolute atomic E-state index is 10.1. The van der Waals surface area contributed by atoms with Gasteiger partial charge in [0.1, 0.15) is 0 Å². The van der Waals surface area contributed by atoms with E-state index in [0.29, 0.717) is 0 Å². The Morgan fingerprint density at radius 3 is 1.90 bits per heavy atom. The quantitative estimate of drug-likeness (QED) is 0.199. The largest absolute Gasteiger partial charge is 0.393 e. The molecule has 2 aliphatic rings. The van der Waals surface area contributed by atoms with Crippen LogP contribution in [0.1, 0.15) is 114 Å². The van der Waals surface area contributed by atoms with Gasteiger partial charge in [-0.25, -0.2) is 0 Å². The molecule has 1 nitrogen and oxygen atoms in total. The van der Waals surface area contributed by atoms with Gasteiger partial charge in [0.2, 0.25) is 0 Å². The molecular weight excluding hydrogens is 496 g/mol. The fraction of sp³-hybridized carbons (Fsp3) is 0.500. The van der Waals surface area contributed by atoms with E-state index in [9.17, 15) is 5.11 Å². The number of rotatable bonds is 11. The van der Waals surface area contributed by atoms with Crippen LogP contribution in [-0.4, -0.2) is 11.2 Å². The molecule has 0 spiro atoms. The van der Waals surface area contributed by atoms with E-state index in [4.69, 9.17) is 0 Å². The molecule has 1 heteroatoms. The van der Waals surface area contributed by atoms with Crippen molar-refractivity contribution in [2.24, 2.45) is 10.8 Å². The van der Waals surface area contributed by atoms with Gasteiger partial charge in [0.05, 0.1) is 6.10 Å². The van der Waals surface area contributed by atoms with E-state index in [1.807, 2.05) is 0 Å². The third-order valence-electron chi connectivity index (χ3n) is 8.73. The molecule has 0 saturated heterocycles. The summed E-state index contributed by atoms with van der Waals surface area (Å²) in [6.07, 6.45) is 33.6. The van der Waals surface area contributed by atoms with E-state index in [1.54, 1.807) is 5.57 Å². The number of hydrogen-bond donors (Lipinski definition) is 1. The summed E-state index contributed by atoms with van der Waals surface area (Å²) in [5.41, 5.74) is 11.5. The first-order valence-electron chi connectivity index (χ1n) is 15.7. The Morgan fingerprint density at radius 1 is 0.756 bits per heavy atom. The minimum Gasteiger partial charge on any atom is -0.393 e. The summed E-state index contributed by atoms with van der Waals surface area (Å²) in [4.78, 5) is 0. The Labute approximate surface area is 253 Å². The van der Waals surface area contributed by atoms with Crippen molar-refractivity contribution in [1.29, 1.82) is 0 Å². The molecule has 2 aliphatic carbocycles. The Kier molecular flexibility index (Phi) is 13.6. The molecule has 0 amide bonds. The second-order valence-electron chi connectivity index (χ2n) is 13.8. The highest BCUT2D eigenvalue weighted by atomic mass is 16.3. The topological polar surface area (TPSA) is 20.2 Å². The summed E-state index contributed by atoms with van der Waals surface area (Å²) >= 11 is 0. The normalized spacial score (nSPS) is 23.3. The van der Waals surface area contributed by atoms with Crippen molar-refractivity contribution in [3.63, 3.8) is 0 Å². The Bertz CT molecular complexity index is 1210. The summed E-state index contributed by atoms with van der Waals surface area (Å²) < 4.78 is 0.